The molecular formula is C19H17ClO4. The number of hydrogen-bond acceptors (Lipinski definition) is 4. The van der Waals surface area contributed by atoms with E-state index in [2.05, 4.69) is 0 Å². The monoisotopic (exact) mass is 344 g/mol. The highest BCUT2D eigenvalue weighted by Gasteiger charge is 2.18. The topological polar surface area (TPSA) is 70.7 Å². The van der Waals surface area contributed by atoms with E-state index < -0.39 is 5.63 Å². The summed E-state index contributed by atoms with van der Waals surface area (Å²) in [5.74, 6) is -0.207. The molecular weight excluding hydrogens is 328 g/mol. The first kappa shape index (κ1) is 16.4. The Bertz CT molecular complexity index is 959. The van der Waals surface area contributed by atoms with Crippen LogP contribution in [-0.4, -0.2) is 10.2 Å². The average molecular weight is 345 g/mol. The quantitative estimate of drug-likeness (QED) is 0.688. The maximum atomic E-state index is 11.9. The van der Waals surface area contributed by atoms with Crippen LogP contribution >= 0.6 is 11.6 Å². The molecule has 0 spiro atoms. The van der Waals surface area contributed by atoms with Gasteiger partial charge in [-0.25, -0.2) is 4.79 Å². The van der Waals surface area contributed by atoms with Crippen molar-refractivity contribution in [1.82, 2.24) is 0 Å². The molecule has 3 aromatic rings. The summed E-state index contributed by atoms with van der Waals surface area (Å²) in [5.41, 5.74) is 1.77. The van der Waals surface area contributed by atoms with E-state index >= 15 is 0 Å². The number of hydrogen-bond donors (Lipinski definition) is 2. The van der Waals surface area contributed by atoms with Crippen LogP contribution in [0.2, 0.25) is 5.02 Å². The molecule has 0 saturated carbocycles. The van der Waals surface area contributed by atoms with E-state index in [1.807, 2.05) is 19.1 Å². The fourth-order valence-electron chi connectivity index (χ4n) is 2.93. The van der Waals surface area contributed by atoms with Gasteiger partial charge in [-0.1, -0.05) is 37.1 Å². The first-order valence-electron chi connectivity index (χ1n) is 7.74. The molecule has 0 amide bonds. The molecule has 0 aliphatic carbocycles. The fraction of sp³-hybridized carbons (Fsp3) is 0.211. The number of phenolic OH excluding ortho intramolecular Hbond substituents is 2. The predicted molar refractivity (Wildman–Crippen MR) is 94.1 cm³/mol. The number of rotatable bonds is 4. The van der Waals surface area contributed by atoms with Crippen LogP contribution in [-0.2, 0) is 12.8 Å². The smallest absolute Gasteiger partial charge is 0.336 e. The van der Waals surface area contributed by atoms with Crippen molar-refractivity contribution in [2.24, 2.45) is 0 Å². The minimum absolute atomic E-state index is 0.0930. The highest BCUT2D eigenvalue weighted by atomic mass is 35.5. The molecule has 5 heteroatoms. The number of aryl methyl sites for hydroxylation is 1. The molecule has 2 aromatic carbocycles. The molecule has 0 bridgehead atoms. The second-order valence-corrected chi connectivity index (χ2v) is 6.18. The second kappa shape index (κ2) is 6.57. The van der Waals surface area contributed by atoms with Crippen molar-refractivity contribution in [3.63, 3.8) is 0 Å². The predicted octanol–water partition coefficient (Wildman–Crippen LogP) is 4.40. The van der Waals surface area contributed by atoms with Crippen LogP contribution in [0, 0.1) is 0 Å². The Morgan fingerprint density at radius 2 is 1.92 bits per heavy atom. The van der Waals surface area contributed by atoms with Gasteiger partial charge in [0, 0.05) is 29.1 Å². The van der Waals surface area contributed by atoms with Crippen molar-refractivity contribution >= 4 is 22.6 Å². The molecule has 1 aromatic heterocycles. The molecule has 1 heterocycles. The summed E-state index contributed by atoms with van der Waals surface area (Å²) in [5, 5.41) is 21.6. The standard InChI is InChI=1S/C19H17ClO4/c1-2-4-12-9-17(23)24-19-14(15(21)10-16(22)18(12)19)8-11-5-3-6-13(20)7-11/h3,5-7,9-10,21-22H,2,4,8H2,1H3. The van der Waals surface area contributed by atoms with Crippen LogP contribution in [0.5, 0.6) is 11.5 Å². The minimum Gasteiger partial charge on any atom is -0.507 e. The summed E-state index contributed by atoms with van der Waals surface area (Å²) < 4.78 is 5.34. The maximum Gasteiger partial charge on any atom is 0.336 e. The zero-order valence-electron chi connectivity index (χ0n) is 13.2. The molecule has 24 heavy (non-hydrogen) atoms. The molecule has 3 rings (SSSR count). The zero-order chi connectivity index (χ0) is 17.3. The van der Waals surface area contributed by atoms with Crippen LogP contribution in [0.25, 0.3) is 11.0 Å². The number of halogens is 1. The number of benzene rings is 2. The third-order valence-corrected chi connectivity index (χ3v) is 4.18. The van der Waals surface area contributed by atoms with Gasteiger partial charge in [-0.3, -0.25) is 0 Å². The van der Waals surface area contributed by atoms with Crippen LogP contribution in [0.3, 0.4) is 0 Å². The van der Waals surface area contributed by atoms with Crippen molar-refractivity contribution in [2.45, 2.75) is 26.2 Å². The van der Waals surface area contributed by atoms with E-state index in [1.165, 1.54) is 12.1 Å². The van der Waals surface area contributed by atoms with E-state index in [9.17, 15) is 15.0 Å². The second-order valence-electron chi connectivity index (χ2n) is 5.74. The Morgan fingerprint density at radius 3 is 2.62 bits per heavy atom. The van der Waals surface area contributed by atoms with E-state index in [1.54, 1.807) is 12.1 Å². The van der Waals surface area contributed by atoms with E-state index in [-0.39, 0.29) is 17.1 Å². The first-order valence-corrected chi connectivity index (χ1v) is 8.12. The molecule has 0 unspecified atom stereocenters. The van der Waals surface area contributed by atoms with Crippen LogP contribution < -0.4 is 5.63 Å². The van der Waals surface area contributed by atoms with Gasteiger partial charge in [0.1, 0.15) is 17.1 Å². The van der Waals surface area contributed by atoms with Crippen LogP contribution in [0.15, 0.2) is 45.6 Å². The summed E-state index contributed by atoms with van der Waals surface area (Å²) in [4.78, 5) is 11.9. The molecule has 0 radical (unpaired) electrons. The van der Waals surface area contributed by atoms with Gasteiger partial charge in [-0.15, -0.1) is 0 Å². The third-order valence-electron chi connectivity index (χ3n) is 3.95. The normalized spacial score (nSPS) is 11.1. The Kier molecular flexibility index (Phi) is 4.49. The van der Waals surface area contributed by atoms with Crippen molar-refractivity contribution < 1.29 is 14.6 Å². The highest BCUT2D eigenvalue weighted by Crippen LogP contribution is 2.37. The molecule has 0 saturated heterocycles. The van der Waals surface area contributed by atoms with Gasteiger partial charge >= 0.3 is 5.63 Å². The van der Waals surface area contributed by atoms with Gasteiger partial charge in [0.15, 0.2) is 0 Å². The summed E-state index contributed by atoms with van der Waals surface area (Å²) in [6.07, 6.45) is 1.79. The molecule has 2 N–H and O–H groups in total. The van der Waals surface area contributed by atoms with Crippen molar-refractivity contribution in [1.29, 1.82) is 0 Å². The number of fused-ring (bicyclic) bond motifs is 1. The van der Waals surface area contributed by atoms with Gasteiger partial charge in [-0.2, -0.15) is 0 Å². The third kappa shape index (κ3) is 3.10. The van der Waals surface area contributed by atoms with Gasteiger partial charge in [0.25, 0.3) is 0 Å². The molecule has 124 valence electrons. The van der Waals surface area contributed by atoms with Gasteiger partial charge in [0.05, 0.1) is 5.39 Å². The summed E-state index contributed by atoms with van der Waals surface area (Å²) in [7, 11) is 0. The lowest BCUT2D eigenvalue weighted by atomic mass is 9.97. The van der Waals surface area contributed by atoms with E-state index in [4.69, 9.17) is 16.0 Å². The molecule has 4 nitrogen and oxygen atoms in total. The summed E-state index contributed by atoms with van der Waals surface area (Å²) in [6.45, 7) is 1.99. The first-order chi connectivity index (χ1) is 11.5. The lowest BCUT2D eigenvalue weighted by Gasteiger charge is -2.12. The van der Waals surface area contributed by atoms with E-state index in [0.29, 0.717) is 34.4 Å². The van der Waals surface area contributed by atoms with Gasteiger partial charge in [0.2, 0.25) is 0 Å². The largest absolute Gasteiger partial charge is 0.507 e. The fourth-order valence-corrected chi connectivity index (χ4v) is 3.14. The maximum absolute atomic E-state index is 11.9. The Morgan fingerprint density at radius 1 is 1.12 bits per heavy atom. The molecule has 0 aliphatic rings. The SMILES string of the molecule is CCCc1cc(=O)oc2c(Cc3cccc(Cl)c3)c(O)cc(O)c12. The minimum atomic E-state index is -0.497. The lowest BCUT2D eigenvalue weighted by molar-refractivity contribution is 0.446. The number of aromatic hydroxyl groups is 2. The lowest BCUT2D eigenvalue weighted by Crippen LogP contribution is -2.03. The summed E-state index contributed by atoms with van der Waals surface area (Å²) in [6, 6.07) is 9.92. The van der Waals surface area contributed by atoms with Crippen molar-refractivity contribution in [3.8, 4) is 11.5 Å². The van der Waals surface area contributed by atoms with Gasteiger partial charge < -0.3 is 14.6 Å². The summed E-state index contributed by atoms with van der Waals surface area (Å²) >= 11 is 6.01. The van der Waals surface area contributed by atoms with Crippen LogP contribution in [0.1, 0.15) is 30.0 Å². The Hall–Kier alpha value is -2.46. The average Bonchev–Trinajstić information content (AvgIpc) is 2.51. The zero-order valence-corrected chi connectivity index (χ0v) is 13.9. The Labute approximate surface area is 143 Å². The highest BCUT2D eigenvalue weighted by molar-refractivity contribution is 6.30. The van der Waals surface area contributed by atoms with Crippen LogP contribution in [0.4, 0.5) is 0 Å². The van der Waals surface area contributed by atoms with Gasteiger partial charge in [-0.05, 0) is 29.7 Å². The molecule has 0 fully saturated rings. The number of phenols is 2. The van der Waals surface area contributed by atoms with E-state index in [0.717, 1.165) is 12.0 Å². The molecule has 0 atom stereocenters. The molecule has 0 aliphatic heterocycles. The van der Waals surface area contributed by atoms with Crippen molar-refractivity contribution in [2.75, 3.05) is 0 Å². The Balaban J connectivity index is 2.25. The van der Waals surface area contributed by atoms with Crippen molar-refractivity contribution in [3.05, 3.63) is 68.5 Å².